The van der Waals surface area contributed by atoms with E-state index in [9.17, 15) is 0 Å². The SMILES string of the molecule is ClCc1coc(Oc2ccccc2-c2ccccc2)n1. The molecule has 20 heavy (non-hydrogen) atoms. The van der Waals surface area contributed by atoms with Crippen molar-refractivity contribution < 1.29 is 9.15 Å². The summed E-state index contributed by atoms with van der Waals surface area (Å²) in [6, 6.07) is 17.8. The number of alkyl halides is 1. The minimum absolute atomic E-state index is 0.198. The maximum atomic E-state index is 5.71. The van der Waals surface area contributed by atoms with E-state index in [0.717, 1.165) is 11.1 Å². The number of oxazole rings is 1. The molecule has 0 aliphatic carbocycles. The van der Waals surface area contributed by atoms with E-state index in [-0.39, 0.29) is 6.08 Å². The second-order valence-electron chi connectivity index (χ2n) is 4.20. The Morgan fingerprint density at radius 2 is 1.75 bits per heavy atom. The lowest BCUT2D eigenvalue weighted by Gasteiger charge is -2.08. The van der Waals surface area contributed by atoms with E-state index in [2.05, 4.69) is 4.98 Å². The predicted molar refractivity (Wildman–Crippen MR) is 78.0 cm³/mol. The first-order valence-electron chi connectivity index (χ1n) is 6.19. The molecule has 0 unspecified atom stereocenters. The number of nitrogens with zero attached hydrogens (tertiary/aromatic N) is 1. The largest absolute Gasteiger partial charge is 0.417 e. The highest BCUT2D eigenvalue weighted by Gasteiger charge is 2.10. The fourth-order valence-corrected chi connectivity index (χ4v) is 2.03. The van der Waals surface area contributed by atoms with Gasteiger partial charge in [0.25, 0.3) is 0 Å². The van der Waals surface area contributed by atoms with Crippen LogP contribution in [0.1, 0.15) is 5.69 Å². The molecule has 0 aliphatic heterocycles. The Bertz CT molecular complexity index is 694. The van der Waals surface area contributed by atoms with Gasteiger partial charge in [0, 0.05) is 5.56 Å². The van der Waals surface area contributed by atoms with E-state index in [4.69, 9.17) is 20.8 Å². The summed E-state index contributed by atoms with van der Waals surface area (Å²) in [5.74, 6) is 0.995. The van der Waals surface area contributed by atoms with Crippen LogP contribution in [0.5, 0.6) is 11.8 Å². The van der Waals surface area contributed by atoms with Gasteiger partial charge in [-0.2, -0.15) is 4.98 Å². The molecule has 0 radical (unpaired) electrons. The highest BCUT2D eigenvalue weighted by molar-refractivity contribution is 6.16. The molecule has 1 aromatic heterocycles. The minimum Gasteiger partial charge on any atom is -0.417 e. The number of rotatable bonds is 4. The van der Waals surface area contributed by atoms with Crippen LogP contribution < -0.4 is 4.74 Å². The van der Waals surface area contributed by atoms with Crippen molar-refractivity contribution in [2.24, 2.45) is 0 Å². The lowest BCUT2D eigenvalue weighted by molar-refractivity contribution is 0.331. The summed E-state index contributed by atoms with van der Waals surface area (Å²) in [6.45, 7) is 0. The normalized spacial score (nSPS) is 10.4. The summed E-state index contributed by atoms with van der Waals surface area (Å²) in [7, 11) is 0. The van der Waals surface area contributed by atoms with Gasteiger partial charge in [0.1, 0.15) is 12.0 Å². The summed E-state index contributed by atoms with van der Waals surface area (Å²) >= 11 is 5.69. The number of aromatic nitrogens is 1. The molecule has 0 spiro atoms. The van der Waals surface area contributed by atoms with Crippen molar-refractivity contribution >= 4 is 11.6 Å². The van der Waals surface area contributed by atoms with E-state index >= 15 is 0 Å². The molecule has 1 heterocycles. The van der Waals surface area contributed by atoms with Crippen molar-refractivity contribution in [3.8, 4) is 23.0 Å². The summed E-state index contributed by atoms with van der Waals surface area (Å²) in [5.41, 5.74) is 2.71. The van der Waals surface area contributed by atoms with E-state index in [0.29, 0.717) is 17.3 Å². The minimum atomic E-state index is 0.198. The van der Waals surface area contributed by atoms with Crippen molar-refractivity contribution in [2.45, 2.75) is 5.88 Å². The average Bonchev–Trinajstić information content (AvgIpc) is 2.96. The van der Waals surface area contributed by atoms with Gasteiger partial charge in [-0.05, 0) is 11.6 Å². The number of para-hydroxylation sites is 1. The van der Waals surface area contributed by atoms with Gasteiger partial charge in [0.2, 0.25) is 0 Å². The molecule has 3 rings (SSSR count). The summed E-state index contributed by atoms with van der Waals surface area (Å²) in [5, 5.41) is 0. The van der Waals surface area contributed by atoms with Crippen molar-refractivity contribution in [1.29, 1.82) is 0 Å². The molecule has 2 aromatic carbocycles. The van der Waals surface area contributed by atoms with Crippen LogP contribution in [0.3, 0.4) is 0 Å². The van der Waals surface area contributed by atoms with Gasteiger partial charge in [0.05, 0.1) is 11.6 Å². The third-order valence-corrected chi connectivity index (χ3v) is 3.11. The average molecular weight is 286 g/mol. The van der Waals surface area contributed by atoms with Crippen LogP contribution in [0, 0.1) is 0 Å². The zero-order chi connectivity index (χ0) is 13.8. The number of ether oxygens (including phenoxy) is 1. The van der Waals surface area contributed by atoms with Crippen molar-refractivity contribution in [2.75, 3.05) is 0 Å². The topological polar surface area (TPSA) is 35.3 Å². The Morgan fingerprint density at radius 3 is 2.50 bits per heavy atom. The molecule has 0 N–H and O–H groups in total. The maximum Gasteiger partial charge on any atom is 0.399 e. The maximum absolute atomic E-state index is 5.71. The smallest absolute Gasteiger partial charge is 0.399 e. The van der Waals surface area contributed by atoms with Crippen LogP contribution in [0.2, 0.25) is 0 Å². The Morgan fingerprint density at radius 1 is 1.00 bits per heavy atom. The van der Waals surface area contributed by atoms with Crippen LogP contribution >= 0.6 is 11.6 Å². The molecule has 3 nitrogen and oxygen atoms in total. The molecule has 0 saturated carbocycles. The lowest BCUT2D eigenvalue weighted by Crippen LogP contribution is -1.88. The zero-order valence-corrected chi connectivity index (χ0v) is 11.4. The lowest BCUT2D eigenvalue weighted by atomic mass is 10.1. The van der Waals surface area contributed by atoms with Crippen LogP contribution in [0.4, 0.5) is 0 Å². The first-order chi connectivity index (χ1) is 9.86. The molecule has 0 aliphatic rings. The predicted octanol–water partition coefficient (Wildman–Crippen LogP) is 4.87. The number of halogens is 1. The molecule has 0 bridgehead atoms. The van der Waals surface area contributed by atoms with Crippen LogP contribution in [0.15, 0.2) is 65.3 Å². The van der Waals surface area contributed by atoms with Gasteiger partial charge in [0.15, 0.2) is 0 Å². The third-order valence-electron chi connectivity index (χ3n) is 2.84. The van der Waals surface area contributed by atoms with Gasteiger partial charge in [-0.1, -0.05) is 48.5 Å². The van der Waals surface area contributed by atoms with Crippen LogP contribution in [-0.4, -0.2) is 4.98 Å². The molecule has 0 fully saturated rings. The highest BCUT2D eigenvalue weighted by atomic mass is 35.5. The molecule has 4 heteroatoms. The van der Waals surface area contributed by atoms with Crippen molar-refractivity contribution in [1.82, 2.24) is 4.98 Å². The zero-order valence-electron chi connectivity index (χ0n) is 10.6. The Kier molecular flexibility index (Phi) is 3.70. The summed E-state index contributed by atoms with van der Waals surface area (Å²) in [4.78, 5) is 4.14. The van der Waals surface area contributed by atoms with Crippen molar-refractivity contribution in [3.63, 3.8) is 0 Å². The third kappa shape index (κ3) is 2.68. The number of hydrogen-bond acceptors (Lipinski definition) is 3. The molecule has 100 valence electrons. The summed E-state index contributed by atoms with van der Waals surface area (Å²) in [6.07, 6.45) is 1.69. The highest BCUT2D eigenvalue weighted by Crippen LogP contribution is 2.32. The van der Waals surface area contributed by atoms with E-state index < -0.39 is 0 Å². The van der Waals surface area contributed by atoms with Crippen LogP contribution in [-0.2, 0) is 5.88 Å². The van der Waals surface area contributed by atoms with Gasteiger partial charge in [-0.25, -0.2) is 0 Å². The quantitative estimate of drug-likeness (QED) is 0.641. The molecule has 0 amide bonds. The Balaban J connectivity index is 1.94. The second kappa shape index (κ2) is 5.80. The first-order valence-corrected chi connectivity index (χ1v) is 6.73. The standard InChI is InChI=1S/C16H12ClNO2/c17-10-13-11-19-16(18-13)20-15-9-5-4-8-14(15)12-6-2-1-3-7-12/h1-9,11H,10H2. The van der Waals surface area contributed by atoms with E-state index in [1.165, 1.54) is 6.26 Å². The number of benzene rings is 2. The molecular formula is C16H12ClNO2. The van der Waals surface area contributed by atoms with Gasteiger partial charge in [-0.3, -0.25) is 0 Å². The summed E-state index contributed by atoms with van der Waals surface area (Å²) < 4.78 is 10.9. The monoisotopic (exact) mass is 285 g/mol. The van der Waals surface area contributed by atoms with E-state index in [1.54, 1.807) is 0 Å². The molecule has 3 aromatic rings. The van der Waals surface area contributed by atoms with Gasteiger partial charge in [-0.15, -0.1) is 11.6 Å². The molecule has 0 atom stereocenters. The van der Waals surface area contributed by atoms with Crippen molar-refractivity contribution in [3.05, 3.63) is 66.6 Å². The Hall–Kier alpha value is -2.26. The second-order valence-corrected chi connectivity index (χ2v) is 4.47. The fraction of sp³-hybridized carbons (Fsp3) is 0.0625. The Labute approximate surface area is 121 Å². The molecule has 0 saturated heterocycles. The van der Waals surface area contributed by atoms with Gasteiger partial charge < -0.3 is 9.15 Å². The fourth-order valence-electron chi connectivity index (χ4n) is 1.90. The number of hydrogen-bond donors (Lipinski definition) is 0. The molecular weight excluding hydrogens is 274 g/mol. The van der Waals surface area contributed by atoms with E-state index in [1.807, 2.05) is 54.6 Å². The first kappa shape index (κ1) is 12.8. The van der Waals surface area contributed by atoms with Gasteiger partial charge >= 0.3 is 6.08 Å². The van der Waals surface area contributed by atoms with Crippen LogP contribution in [0.25, 0.3) is 11.1 Å².